The van der Waals surface area contributed by atoms with Gasteiger partial charge in [-0.25, -0.2) is 13.1 Å². The molecule has 19 heavy (non-hydrogen) atoms. The van der Waals surface area contributed by atoms with Gasteiger partial charge >= 0.3 is 0 Å². The predicted molar refractivity (Wildman–Crippen MR) is 78.7 cm³/mol. The number of hydrogen-bond acceptors (Lipinski definition) is 3. The van der Waals surface area contributed by atoms with Crippen LogP contribution in [0.2, 0.25) is 0 Å². The van der Waals surface area contributed by atoms with Gasteiger partial charge in [-0.2, -0.15) is 0 Å². The summed E-state index contributed by atoms with van der Waals surface area (Å²) in [6.07, 6.45) is 0.875. The lowest BCUT2D eigenvalue weighted by Gasteiger charge is -2.30. The summed E-state index contributed by atoms with van der Waals surface area (Å²) in [6, 6.07) is 7.40. The Labute approximate surface area is 116 Å². The molecule has 4 nitrogen and oxygen atoms in total. The molecule has 0 spiro atoms. The van der Waals surface area contributed by atoms with Crippen molar-refractivity contribution >= 4 is 10.0 Å². The highest BCUT2D eigenvalue weighted by molar-refractivity contribution is 7.89. The van der Waals surface area contributed by atoms with Crippen molar-refractivity contribution < 1.29 is 8.42 Å². The lowest BCUT2D eigenvalue weighted by Crippen LogP contribution is -2.39. The molecule has 0 bridgehead atoms. The van der Waals surface area contributed by atoms with E-state index in [1.54, 1.807) is 12.1 Å². The van der Waals surface area contributed by atoms with Gasteiger partial charge in [-0.3, -0.25) is 0 Å². The summed E-state index contributed by atoms with van der Waals surface area (Å²) in [4.78, 5) is 0.301. The van der Waals surface area contributed by atoms with Gasteiger partial charge in [0.05, 0.1) is 4.90 Å². The molecule has 0 aliphatic carbocycles. The zero-order valence-corrected chi connectivity index (χ0v) is 13.1. The van der Waals surface area contributed by atoms with E-state index in [9.17, 15) is 8.42 Å². The second-order valence-corrected chi connectivity index (χ2v) is 7.65. The number of rotatable bonds is 5. The van der Waals surface area contributed by atoms with Crippen LogP contribution in [0, 0.1) is 5.41 Å². The van der Waals surface area contributed by atoms with E-state index >= 15 is 0 Å². The van der Waals surface area contributed by atoms with Crippen molar-refractivity contribution in [3.63, 3.8) is 0 Å². The van der Waals surface area contributed by atoms with Gasteiger partial charge in [0.1, 0.15) is 0 Å². The Bertz CT molecular complexity index is 501. The molecule has 0 heterocycles. The molecule has 0 aromatic heterocycles. The standard InChI is InChI=1S/C14H24N2O2S/c1-14(2,3)13(15-4)10-11-6-8-12(9-7-11)19(17,18)16-5/h6-9,13,15-16H,10H2,1-5H3. The third-order valence-electron chi connectivity index (χ3n) is 3.34. The zero-order chi connectivity index (χ0) is 14.7. The minimum Gasteiger partial charge on any atom is -0.316 e. The van der Waals surface area contributed by atoms with Crippen molar-refractivity contribution in [2.24, 2.45) is 5.41 Å². The summed E-state index contributed by atoms with van der Waals surface area (Å²) in [5.41, 5.74) is 1.29. The molecule has 0 amide bonds. The molecule has 0 fully saturated rings. The second kappa shape index (κ2) is 6.03. The molecule has 1 aromatic carbocycles. The normalized spacial score (nSPS) is 14.4. The van der Waals surface area contributed by atoms with Crippen molar-refractivity contribution in [3.8, 4) is 0 Å². The second-order valence-electron chi connectivity index (χ2n) is 5.76. The van der Waals surface area contributed by atoms with E-state index in [0.717, 1.165) is 12.0 Å². The quantitative estimate of drug-likeness (QED) is 0.866. The van der Waals surface area contributed by atoms with Crippen LogP contribution in [0.5, 0.6) is 0 Å². The molecule has 0 aliphatic rings. The maximum Gasteiger partial charge on any atom is 0.240 e. The van der Waals surface area contributed by atoms with Gasteiger partial charge in [0.15, 0.2) is 0 Å². The zero-order valence-electron chi connectivity index (χ0n) is 12.3. The van der Waals surface area contributed by atoms with E-state index in [1.807, 2.05) is 19.2 Å². The topological polar surface area (TPSA) is 58.2 Å². The maximum absolute atomic E-state index is 11.6. The average molecular weight is 284 g/mol. The van der Waals surface area contributed by atoms with Crippen molar-refractivity contribution in [3.05, 3.63) is 29.8 Å². The summed E-state index contributed by atoms with van der Waals surface area (Å²) in [5, 5.41) is 3.32. The third-order valence-corrected chi connectivity index (χ3v) is 4.77. The molecule has 1 rings (SSSR count). The van der Waals surface area contributed by atoms with Gasteiger partial charge < -0.3 is 5.32 Å². The molecule has 1 atom stereocenters. The molecule has 1 aromatic rings. The molecule has 108 valence electrons. The molecular weight excluding hydrogens is 260 g/mol. The van der Waals surface area contributed by atoms with Crippen LogP contribution in [0.25, 0.3) is 0 Å². The molecular formula is C14H24N2O2S. The Morgan fingerprint density at radius 1 is 1.11 bits per heavy atom. The lowest BCUT2D eigenvalue weighted by atomic mass is 9.83. The van der Waals surface area contributed by atoms with Gasteiger partial charge in [-0.1, -0.05) is 32.9 Å². The van der Waals surface area contributed by atoms with Crippen molar-refractivity contribution in [1.29, 1.82) is 0 Å². The monoisotopic (exact) mass is 284 g/mol. The van der Waals surface area contributed by atoms with E-state index in [1.165, 1.54) is 7.05 Å². The van der Waals surface area contributed by atoms with Crippen LogP contribution in [-0.2, 0) is 16.4 Å². The summed E-state index contributed by atoms with van der Waals surface area (Å²) >= 11 is 0. The van der Waals surface area contributed by atoms with E-state index in [4.69, 9.17) is 0 Å². The minimum atomic E-state index is -3.34. The van der Waals surface area contributed by atoms with Crippen molar-refractivity contribution in [2.45, 2.75) is 38.1 Å². The number of hydrogen-bond donors (Lipinski definition) is 2. The first-order valence-corrected chi connectivity index (χ1v) is 7.89. The molecule has 1 unspecified atom stereocenters. The van der Waals surface area contributed by atoms with Crippen LogP contribution in [0.1, 0.15) is 26.3 Å². The summed E-state index contributed by atoms with van der Waals surface area (Å²) in [5.74, 6) is 0. The molecule has 0 saturated heterocycles. The highest BCUT2D eigenvalue weighted by Crippen LogP contribution is 2.22. The molecule has 0 saturated carbocycles. The van der Waals surface area contributed by atoms with Crippen LogP contribution < -0.4 is 10.0 Å². The molecule has 2 N–H and O–H groups in total. The summed E-state index contributed by atoms with van der Waals surface area (Å²) in [6.45, 7) is 6.57. The third kappa shape index (κ3) is 4.30. The van der Waals surface area contributed by atoms with Crippen LogP contribution in [0.3, 0.4) is 0 Å². The predicted octanol–water partition coefficient (Wildman–Crippen LogP) is 1.77. The van der Waals surface area contributed by atoms with Gasteiger partial charge in [-0.15, -0.1) is 0 Å². The number of likely N-dealkylation sites (N-methyl/N-ethyl adjacent to an activating group) is 1. The number of nitrogens with one attached hydrogen (secondary N) is 2. The SMILES string of the molecule is CNC(Cc1ccc(S(=O)(=O)NC)cc1)C(C)(C)C. The Morgan fingerprint density at radius 3 is 2.00 bits per heavy atom. The Balaban J connectivity index is 2.89. The Morgan fingerprint density at radius 2 is 1.63 bits per heavy atom. The van der Waals surface area contributed by atoms with Crippen molar-refractivity contribution in [2.75, 3.05) is 14.1 Å². The molecule has 5 heteroatoms. The maximum atomic E-state index is 11.6. The Hall–Kier alpha value is -0.910. The largest absolute Gasteiger partial charge is 0.316 e. The summed E-state index contributed by atoms with van der Waals surface area (Å²) < 4.78 is 25.6. The highest BCUT2D eigenvalue weighted by Gasteiger charge is 2.23. The van der Waals surface area contributed by atoms with Crippen LogP contribution >= 0.6 is 0 Å². The smallest absolute Gasteiger partial charge is 0.240 e. The van der Waals surface area contributed by atoms with Crippen LogP contribution in [0.4, 0.5) is 0 Å². The van der Waals surface area contributed by atoms with Crippen molar-refractivity contribution in [1.82, 2.24) is 10.0 Å². The fraction of sp³-hybridized carbons (Fsp3) is 0.571. The van der Waals surface area contributed by atoms with E-state index in [2.05, 4.69) is 30.8 Å². The molecule has 0 radical (unpaired) electrons. The fourth-order valence-corrected chi connectivity index (χ4v) is 2.73. The molecule has 0 aliphatic heterocycles. The number of benzene rings is 1. The van der Waals surface area contributed by atoms with Gasteiger partial charge in [-0.05, 0) is 43.6 Å². The van der Waals surface area contributed by atoms with E-state index < -0.39 is 10.0 Å². The Kier molecular flexibility index (Phi) is 5.12. The van der Waals surface area contributed by atoms with Gasteiger partial charge in [0.2, 0.25) is 10.0 Å². The summed E-state index contributed by atoms with van der Waals surface area (Å²) in [7, 11) is 0.0277. The van der Waals surface area contributed by atoms with E-state index in [-0.39, 0.29) is 5.41 Å². The fourth-order valence-electron chi connectivity index (χ4n) is 2.00. The van der Waals surface area contributed by atoms with Gasteiger partial charge in [0.25, 0.3) is 0 Å². The highest BCUT2D eigenvalue weighted by atomic mass is 32.2. The number of sulfonamides is 1. The lowest BCUT2D eigenvalue weighted by molar-refractivity contribution is 0.280. The van der Waals surface area contributed by atoms with Crippen LogP contribution in [0.15, 0.2) is 29.2 Å². The minimum absolute atomic E-state index is 0.157. The van der Waals surface area contributed by atoms with Crippen LogP contribution in [-0.4, -0.2) is 28.6 Å². The first-order valence-electron chi connectivity index (χ1n) is 6.40. The van der Waals surface area contributed by atoms with Gasteiger partial charge in [0, 0.05) is 6.04 Å². The first-order chi connectivity index (χ1) is 8.70. The van der Waals surface area contributed by atoms with E-state index in [0.29, 0.717) is 10.9 Å². The average Bonchev–Trinajstić information content (AvgIpc) is 2.35. The first kappa shape index (κ1) is 16.1.